The fraction of sp³-hybridized carbons (Fsp3) is 0.391. The summed E-state index contributed by atoms with van der Waals surface area (Å²) in [6.07, 6.45) is 2.92. The molecule has 0 spiro atoms. The molecule has 2 fully saturated rings. The quantitative estimate of drug-likeness (QED) is 0.645. The number of hydrogen-bond donors (Lipinski definition) is 3. The summed E-state index contributed by atoms with van der Waals surface area (Å²) in [6, 6.07) is 14.2. The summed E-state index contributed by atoms with van der Waals surface area (Å²) in [5.41, 5.74) is 1.88. The van der Waals surface area contributed by atoms with Crippen molar-refractivity contribution < 1.29 is 14.3 Å². The molecule has 4 rings (SSSR count). The Kier molecular flexibility index (Phi) is 6.25. The van der Waals surface area contributed by atoms with Crippen LogP contribution in [0, 0.1) is 11.3 Å². The lowest BCUT2D eigenvalue weighted by Gasteiger charge is -2.33. The number of anilines is 1. The molecule has 30 heavy (non-hydrogen) atoms. The van der Waals surface area contributed by atoms with Gasteiger partial charge in [-0.1, -0.05) is 41.9 Å². The molecule has 1 heterocycles. The number of nitrogens with one attached hydrogen (secondary N) is 3. The van der Waals surface area contributed by atoms with Crippen LogP contribution in [0.15, 0.2) is 48.5 Å². The van der Waals surface area contributed by atoms with Crippen molar-refractivity contribution in [1.29, 1.82) is 0 Å². The van der Waals surface area contributed by atoms with E-state index in [0.717, 1.165) is 37.4 Å². The van der Waals surface area contributed by atoms with Gasteiger partial charge in [0, 0.05) is 34.8 Å². The molecule has 0 radical (unpaired) electrons. The van der Waals surface area contributed by atoms with E-state index in [1.807, 2.05) is 30.3 Å². The highest BCUT2D eigenvalue weighted by atomic mass is 35.5. The van der Waals surface area contributed by atoms with E-state index in [-0.39, 0.29) is 17.9 Å². The molecule has 2 atom stereocenters. The molecule has 2 aliphatic rings. The van der Waals surface area contributed by atoms with Crippen molar-refractivity contribution in [2.45, 2.75) is 25.9 Å². The van der Waals surface area contributed by atoms with Gasteiger partial charge in [-0.05, 0) is 55.5 Å². The average Bonchev–Trinajstić information content (AvgIpc) is 3.04. The molecule has 1 saturated heterocycles. The molecule has 0 unspecified atom stereocenters. The molecule has 2 aromatic carbocycles. The number of piperidine rings is 1. The number of fused-ring (bicyclic) bond motifs is 2. The second-order valence-corrected chi connectivity index (χ2v) is 8.77. The molecule has 3 N–H and O–H groups in total. The van der Waals surface area contributed by atoms with E-state index in [9.17, 15) is 9.59 Å². The van der Waals surface area contributed by atoms with Crippen LogP contribution in [0.4, 0.5) is 10.5 Å². The Bertz CT molecular complexity index is 917. The van der Waals surface area contributed by atoms with Crippen LogP contribution in [0.1, 0.15) is 35.2 Å². The zero-order chi connectivity index (χ0) is 21.0. The molecule has 1 aliphatic heterocycles. The summed E-state index contributed by atoms with van der Waals surface area (Å²) in [4.78, 5) is 24.8. The standard InChI is InChI=1S/C23H26ClN3O3/c24-19-8-18(21(28)26-15-23-7-6-17(11-23)12-25-14-23)9-20(10-19)27-22(29)30-13-16-4-2-1-3-5-16/h1-5,8-10,17,25H,6-7,11-15H2,(H,26,28)(H,27,29)/t17-,23+/m0/s1. The third-order valence-corrected chi connectivity index (χ3v) is 6.20. The third kappa shape index (κ3) is 5.12. The van der Waals surface area contributed by atoms with Gasteiger partial charge in [0.05, 0.1) is 0 Å². The summed E-state index contributed by atoms with van der Waals surface area (Å²) in [5.74, 6) is 0.529. The van der Waals surface area contributed by atoms with E-state index in [0.29, 0.717) is 22.8 Å². The first-order valence-electron chi connectivity index (χ1n) is 10.3. The van der Waals surface area contributed by atoms with E-state index in [1.165, 1.54) is 6.42 Å². The SMILES string of the molecule is O=C(Nc1cc(Cl)cc(C(=O)NC[C@@]23CC[C@H](CNC2)C3)c1)OCc1ccccc1. The molecular weight excluding hydrogens is 402 g/mol. The molecule has 2 bridgehead atoms. The van der Waals surface area contributed by atoms with Crippen molar-refractivity contribution in [3.63, 3.8) is 0 Å². The summed E-state index contributed by atoms with van der Waals surface area (Å²) in [7, 11) is 0. The molecule has 2 amide bonds. The molecule has 1 saturated carbocycles. The van der Waals surface area contributed by atoms with Gasteiger partial charge in [0.15, 0.2) is 0 Å². The normalized spacial score (nSPS) is 22.4. The number of halogens is 1. The number of carbonyl (C=O) groups excluding carboxylic acids is 2. The first-order chi connectivity index (χ1) is 14.5. The van der Waals surface area contributed by atoms with Gasteiger partial charge in [-0.15, -0.1) is 0 Å². The lowest BCUT2D eigenvalue weighted by atomic mass is 9.83. The number of amides is 2. The maximum Gasteiger partial charge on any atom is 0.411 e. The molecule has 0 aromatic heterocycles. The van der Waals surface area contributed by atoms with E-state index < -0.39 is 6.09 Å². The lowest BCUT2D eigenvalue weighted by molar-refractivity contribution is 0.0923. The predicted molar refractivity (Wildman–Crippen MR) is 117 cm³/mol. The Labute approximate surface area is 181 Å². The number of carbonyl (C=O) groups is 2. The van der Waals surface area contributed by atoms with E-state index in [4.69, 9.17) is 16.3 Å². The summed E-state index contributed by atoms with van der Waals surface area (Å²) < 4.78 is 5.23. The van der Waals surface area contributed by atoms with Crippen LogP contribution >= 0.6 is 11.6 Å². The molecule has 1 aliphatic carbocycles. The maximum atomic E-state index is 12.7. The van der Waals surface area contributed by atoms with E-state index >= 15 is 0 Å². The van der Waals surface area contributed by atoms with Crippen LogP contribution < -0.4 is 16.0 Å². The Balaban J connectivity index is 1.34. The summed E-state index contributed by atoms with van der Waals surface area (Å²) in [5, 5.41) is 9.56. The van der Waals surface area contributed by atoms with Crippen molar-refractivity contribution in [2.75, 3.05) is 25.0 Å². The molecule has 7 heteroatoms. The Hall–Kier alpha value is -2.57. The highest BCUT2D eigenvalue weighted by molar-refractivity contribution is 6.31. The first-order valence-corrected chi connectivity index (χ1v) is 10.7. The Morgan fingerprint density at radius 2 is 2.03 bits per heavy atom. The van der Waals surface area contributed by atoms with Crippen molar-refractivity contribution in [3.8, 4) is 0 Å². The van der Waals surface area contributed by atoms with Crippen LogP contribution in [0.2, 0.25) is 5.02 Å². The molecule has 2 aromatic rings. The van der Waals surface area contributed by atoms with Crippen LogP contribution in [0.3, 0.4) is 0 Å². The highest BCUT2D eigenvalue weighted by Crippen LogP contribution is 2.43. The average molecular weight is 428 g/mol. The molecule has 158 valence electrons. The minimum Gasteiger partial charge on any atom is -0.444 e. The smallest absolute Gasteiger partial charge is 0.411 e. The van der Waals surface area contributed by atoms with E-state index in [1.54, 1.807) is 18.2 Å². The van der Waals surface area contributed by atoms with Gasteiger partial charge in [0.1, 0.15) is 6.61 Å². The molecule has 6 nitrogen and oxygen atoms in total. The number of hydrogen-bond acceptors (Lipinski definition) is 4. The van der Waals surface area contributed by atoms with Crippen LogP contribution in [-0.4, -0.2) is 31.6 Å². The maximum absolute atomic E-state index is 12.7. The van der Waals surface area contributed by atoms with Crippen LogP contribution in [0.5, 0.6) is 0 Å². The minimum atomic E-state index is -0.600. The highest BCUT2D eigenvalue weighted by Gasteiger charge is 2.42. The minimum absolute atomic E-state index is 0.152. The number of ether oxygens (including phenoxy) is 1. The van der Waals surface area contributed by atoms with Crippen molar-refractivity contribution in [3.05, 3.63) is 64.7 Å². The first kappa shape index (κ1) is 20.7. The van der Waals surface area contributed by atoms with E-state index in [2.05, 4.69) is 16.0 Å². The second-order valence-electron chi connectivity index (χ2n) is 8.34. The van der Waals surface area contributed by atoms with Crippen molar-refractivity contribution >= 4 is 29.3 Å². The van der Waals surface area contributed by atoms with Crippen molar-refractivity contribution in [1.82, 2.24) is 10.6 Å². The monoisotopic (exact) mass is 427 g/mol. The van der Waals surface area contributed by atoms with Gasteiger partial charge < -0.3 is 15.4 Å². The topological polar surface area (TPSA) is 79.5 Å². The number of benzene rings is 2. The summed E-state index contributed by atoms with van der Waals surface area (Å²) in [6.45, 7) is 2.83. The number of rotatable bonds is 6. The van der Waals surface area contributed by atoms with Gasteiger partial charge in [0.2, 0.25) is 0 Å². The third-order valence-electron chi connectivity index (χ3n) is 5.98. The zero-order valence-electron chi connectivity index (χ0n) is 16.7. The second kappa shape index (κ2) is 9.06. The van der Waals surface area contributed by atoms with Crippen LogP contribution in [-0.2, 0) is 11.3 Å². The Morgan fingerprint density at radius 3 is 2.87 bits per heavy atom. The summed E-state index contributed by atoms with van der Waals surface area (Å²) >= 11 is 6.18. The van der Waals surface area contributed by atoms with Crippen molar-refractivity contribution in [2.24, 2.45) is 11.3 Å². The van der Waals surface area contributed by atoms with Gasteiger partial charge >= 0.3 is 6.09 Å². The van der Waals surface area contributed by atoms with Gasteiger partial charge in [0.25, 0.3) is 5.91 Å². The fourth-order valence-corrected chi connectivity index (χ4v) is 4.70. The Morgan fingerprint density at radius 1 is 1.20 bits per heavy atom. The predicted octanol–water partition coefficient (Wildman–Crippen LogP) is 4.21. The van der Waals surface area contributed by atoms with Crippen LogP contribution in [0.25, 0.3) is 0 Å². The zero-order valence-corrected chi connectivity index (χ0v) is 17.5. The fourth-order valence-electron chi connectivity index (χ4n) is 4.47. The molecular formula is C23H26ClN3O3. The lowest BCUT2D eigenvalue weighted by Crippen LogP contribution is -2.46. The van der Waals surface area contributed by atoms with Gasteiger partial charge in [-0.2, -0.15) is 0 Å². The van der Waals surface area contributed by atoms with Gasteiger partial charge in [-0.3, -0.25) is 10.1 Å². The largest absolute Gasteiger partial charge is 0.444 e. The van der Waals surface area contributed by atoms with Gasteiger partial charge in [-0.25, -0.2) is 4.79 Å².